The van der Waals surface area contributed by atoms with Crippen molar-refractivity contribution >= 4 is 28.2 Å². The van der Waals surface area contributed by atoms with Crippen molar-refractivity contribution in [1.82, 2.24) is 4.90 Å². The number of thiophene rings is 1. The number of carbonyl (C=O) groups excluding carboxylic acids is 2. The first-order chi connectivity index (χ1) is 15.5. The van der Waals surface area contributed by atoms with Crippen LogP contribution >= 0.6 is 11.3 Å². The highest BCUT2D eigenvalue weighted by Gasteiger charge is 2.36. The van der Waals surface area contributed by atoms with E-state index in [1.54, 1.807) is 11.3 Å². The Morgan fingerprint density at radius 1 is 1.09 bits per heavy atom. The van der Waals surface area contributed by atoms with Crippen LogP contribution in [-0.2, 0) is 17.6 Å². The van der Waals surface area contributed by atoms with Gasteiger partial charge in [0, 0.05) is 23.5 Å². The number of ether oxygens (including phenoxy) is 1. The minimum Gasteiger partial charge on any atom is -0.372 e. The van der Waals surface area contributed by atoms with E-state index < -0.39 is 0 Å². The van der Waals surface area contributed by atoms with E-state index in [0.29, 0.717) is 35.1 Å². The number of amides is 2. The molecule has 1 fully saturated rings. The molecule has 2 amide bonds. The van der Waals surface area contributed by atoms with Crippen molar-refractivity contribution in [2.45, 2.75) is 73.0 Å². The summed E-state index contributed by atoms with van der Waals surface area (Å²) in [6.07, 6.45) is 2.91. The average Bonchev–Trinajstić information content (AvgIpc) is 3.09. The van der Waals surface area contributed by atoms with Gasteiger partial charge in [-0.25, -0.2) is 0 Å². The van der Waals surface area contributed by atoms with E-state index in [0.717, 1.165) is 30.4 Å². The molecule has 1 aliphatic carbocycles. The second kappa shape index (κ2) is 9.22. The van der Waals surface area contributed by atoms with E-state index in [1.807, 2.05) is 49.9 Å². The number of aryl methyl sites for hydroxylation is 1. The maximum Gasteiger partial charge on any atom is 0.257 e. The Morgan fingerprint density at radius 2 is 1.73 bits per heavy atom. The molecule has 0 radical (unpaired) electrons. The molecule has 6 heteroatoms. The zero-order valence-electron chi connectivity index (χ0n) is 20.7. The average molecular weight is 469 g/mol. The molecule has 3 atom stereocenters. The molecular weight excluding hydrogens is 432 g/mol. The van der Waals surface area contributed by atoms with Crippen molar-refractivity contribution < 1.29 is 14.3 Å². The number of rotatable bonds is 3. The summed E-state index contributed by atoms with van der Waals surface area (Å²) in [5.41, 5.74) is 3.76. The van der Waals surface area contributed by atoms with Gasteiger partial charge in [0.1, 0.15) is 5.00 Å². The molecule has 1 aromatic carbocycles. The van der Waals surface area contributed by atoms with Gasteiger partial charge in [-0.05, 0) is 69.1 Å². The summed E-state index contributed by atoms with van der Waals surface area (Å²) in [5, 5.41) is 3.79. The van der Waals surface area contributed by atoms with Crippen LogP contribution in [0.15, 0.2) is 24.3 Å². The molecule has 1 aromatic heterocycles. The Balaban J connectivity index is 1.69. The number of hydrogen-bond donors (Lipinski definition) is 1. The Kier molecular flexibility index (Phi) is 6.70. The van der Waals surface area contributed by atoms with E-state index in [4.69, 9.17) is 4.74 Å². The van der Waals surface area contributed by atoms with Crippen LogP contribution in [0.25, 0.3) is 0 Å². The molecule has 33 heavy (non-hydrogen) atoms. The molecule has 5 nitrogen and oxygen atoms in total. The number of anilines is 1. The van der Waals surface area contributed by atoms with Crippen molar-refractivity contribution in [3.05, 3.63) is 51.4 Å². The van der Waals surface area contributed by atoms with Crippen LogP contribution < -0.4 is 5.32 Å². The number of hydrogen-bond acceptors (Lipinski definition) is 4. The lowest BCUT2D eigenvalue weighted by Crippen LogP contribution is -2.48. The van der Waals surface area contributed by atoms with Gasteiger partial charge < -0.3 is 15.0 Å². The summed E-state index contributed by atoms with van der Waals surface area (Å²) in [5.74, 6) is 0.414. The highest BCUT2D eigenvalue weighted by Crippen LogP contribution is 2.45. The summed E-state index contributed by atoms with van der Waals surface area (Å²) in [6.45, 7) is 14.0. The highest BCUT2D eigenvalue weighted by atomic mass is 32.1. The molecule has 0 bridgehead atoms. The maximum atomic E-state index is 13.8. The SMILES string of the molecule is Cc1ccc(C(=O)Nc2sc3c(c2C(=O)N2CC(C)OC(C)C2)CCC(C(C)(C)C)C3)cc1. The van der Waals surface area contributed by atoms with E-state index in [2.05, 4.69) is 26.1 Å². The van der Waals surface area contributed by atoms with Gasteiger partial charge in [-0.3, -0.25) is 9.59 Å². The zero-order valence-corrected chi connectivity index (χ0v) is 21.5. The minimum absolute atomic E-state index is 0.00281. The second-order valence-corrected chi connectivity index (χ2v) is 11.9. The maximum absolute atomic E-state index is 13.8. The van der Waals surface area contributed by atoms with Crippen LogP contribution in [0.5, 0.6) is 0 Å². The van der Waals surface area contributed by atoms with Gasteiger partial charge in [0.2, 0.25) is 0 Å². The van der Waals surface area contributed by atoms with Crippen molar-refractivity contribution in [3.63, 3.8) is 0 Å². The summed E-state index contributed by atoms with van der Waals surface area (Å²) < 4.78 is 5.85. The number of benzene rings is 1. The van der Waals surface area contributed by atoms with Gasteiger partial charge in [-0.2, -0.15) is 0 Å². The first kappa shape index (κ1) is 24.0. The lowest BCUT2D eigenvalue weighted by Gasteiger charge is -2.36. The second-order valence-electron chi connectivity index (χ2n) is 10.8. The molecule has 1 aliphatic heterocycles. The molecule has 2 aliphatic rings. The summed E-state index contributed by atoms with van der Waals surface area (Å²) in [7, 11) is 0. The Labute approximate surface area is 201 Å². The molecule has 2 heterocycles. The van der Waals surface area contributed by atoms with Crippen LogP contribution in [0, 0.1) is 18.3 Å². The number of fused-ring (bicyclic) bond motifs is 1. The minimum atomic E-state index is -0.168. The lowest BCUT2D eigenvalue weighted by atomic mass is 9.72. The van der Waals surface area contributed by atoms with E-state index in [1.165, 1.54) is 4.88 Å². The normalized spacial score (nSPS) is 23.2. The fourth-order valence-electron chi connectivity index (χ4n) is 5.02. The quantitative estimate of drug-likeness (QED) is 0.628. The number of carbonyl (C=O) groups is 2. The monoisotopic (exact) mass is 468 g/mol. The molecule has 1 saturated heterocycles. The predicted octanol–water partition coefficient (Wildman–Crippen LogP) is 5.71. The van der Waals surface area contributed by atoms with Crippen LogP contribution in [0.3, 0.4) is 0 Å². The molecule has 3 unspecified atom stereocenters. The van der Waals surface area contributed by atoms with Gasteiger partial charge in [0.25, 0.3) is 11.8 Å². The number of nitrogens with one attached hydrogen (secondary N) is 1. The number of morpholine rings is 1. The van der Waals surface area contributed by atoms with Crippen LogP contribution in [0.4, 0.5) is 5.00 Å². The van der Waals surface area contributed by atoms with E-state index >= 15 is 0 Å². The molecule has 0 spiro atoms. The van der Waals surface area contributed by atoms with Gasteiger partial charge in [0.05, 0.1) is 17.8 Å². The molecule has 0 saturated carbocycles. The molecule has 1 N–H and O–H groups in total. The first-order valence-corrected chi connectivity index (χ1v) is 12.8. The fourth-order valence-corrected chi connectivity index (χ4v) is 6.34. The topological polar surface area (TPSA) is 58.6 Å². The van der Waals surface area contributed by atoms with Gasteiger partial charge >= 0.3 is 0 Å². The molecule has 2 aromatic rings. The molecular formula is C27H36N2O3S. The van der Waals surface area contributed by atoms with Gasteiger partial charge in [0.15, 0.2) is 0 Å². The summed E-state index contributed by atoms with van der Waals surface area (Å²) in [6, 6.07) is 7.54. The standard InChI is InChI=1S/C27H36N2O3S/c1-16-7-9-19(10-8-16)24(30)28-25-23(26(31)29-14-17(2)32-18(3)15-29)21-12-11-20(27(4,5)6)13-22(21)33-25/h7-10,17-18,20H,11-15H2,1-6H3,(H,28,30). The number of nitrogens with zero attached hydrogens (tertiary/aromatic N) is 1. The van der Waals surface area contributed by atoms with Crippen molar-refractivity contribution in [2.75, 3.05) is 18.4 Å². The third-order valence-electron chi connectivity index (χ3n) is 6.95. The zero-order chi connectivity index (χ0) is 23.9. The fraction of sp³-hybridized carbons (Fsp3) is 0.556. The van der Waals surface area contributed by atoms with Crippen molar-refractivity contribution in [3.8, 4) is 0 Å². The van der Waals surface area contributed by atoms with Crippen LogP contribution in [0.1, 0.15) is 77.8 Å². The third-order valence-corrected chi connectivity index (χ3v) is 8.12. The van der Waals surface area contributed by atoms with Crippen LogP contribution in [0.2, 0.25) is 0 Å². The van der Waals surface area contributed by atoms with Crippen molar-refractivity contribution in [2.24, 2.45) is 11.3 Å². The van der Waals surface area contributed by atoms with E-state index in [9.17, 15) is 9.59 Å². The largest absolute Gasteiger partial charge is 0.372 e. The lowest BCUT2D eigenvalue weighted by molar-refractivity contribution is -0.0586. The predicted molar refractivity (Wildman–Crippen MR) is 134 cm³/mol. The smallest absolute Gasteiger partial charge is 0.257 e. The summed E-state index contributed by atoms with van der Waals surface area (Å²) >= 11 is 1.59. The highest BCUT2D eigenvalue weighted by molar-refractivity contribution is 7.17. The third kappa shape index (κ3) is 5.17. The Hall–Kier alpha value is -2.18. The first-order valence-electron chi connectivity index (χ1n) is 12.0. The van der Waals surface area contributed by atoms with Gasteiger partial charge in [-0.15, -0.1) is 11.3 Å². The van der Waals surface area contributed by atoms with Crippen molar-refractivity contribution in [1.29, 1.82) is 0 Å². The van der Waals surface area contributed by atoms with E-state index in [-0.39, 0.29) is 29.4 Å². The van der Waals surface area contributed by atoms with Gasteiger partial charge in [-0.1, -0.05) is 38.5 Å². The molecule has 178 valence electrons. The summed E-state index contributed by atoms with van der Waals surface area (Å²) in [4.78, 5) is 30.0. The molecule has 4 rings (SSSR count). The van der Waals surface area contributed by atoms with Crippen LogP contribution in [-0.4, -0.2) is 42.0 Å². The Morgan fingerprint density at radius 3 is 2.33 bits per heavy atom. The Bertz CT molecular complexity index is 1020.